The summed E-state index contributed by atoms with van der Waals surface area (Å²) >= 11 is 6.03. The molecule has 1 heterocycles. The van der Waals surface area contributed by atoms with Crippen molar-refractivity contribution >= 4 is 34.7 Å². The van der Waals surface area contributed by atoms with E-state index >= 15 is 0 Å². The van der Waals surface area contributed by atoms with Crippen LogP contribution < -0.4 is 16.0 Å². The van der Waals surface area contributed by atoms with Gasteiger partial charge in [0.2, 0.25) is 5.95 Å². The molecule has 2 aromatic rings. The molecule has 5 nitrogen and oxygen atoms in total. The van der Waals surface area contributed by atoms with Crippen LogP contribution >= 0.6 is 11.6 Å². The van der Waals surface area contributed by atoms with E-state index < -0.39 is 0 Å². The molecule has 19 heavy (non-hydrogen) atoms. The molecule has 2 rings (SSSR count). The molecule has 0 spiro atoms. The number of rotatable bonds is 3. The Morgan fingerprint density at radius 3 is 2.74 bits per heavy atom. The molecule has 0 amide bonds. The van der Waals surface area contributed by atoms with Crippen molar-refractivity contribution in [1.82, 2.24) is 9.97 Å². The molecule has 0 aliphatic rings. The van der Waals surface area contributed by atoms with Gasteiger partial charge in [-0.25, -0.2) is 4.98 Å². The molecule has 1 aromatic carbocycles. The number of benzene rings is 1. The van der Waals surface area contributed by atoms with Crippen LogP contribution in [0.4, 0.5) is 23.1 Å². The summed E-state index contributed by atoms with van der Waals surface area (Å²) in [4.78, 5) is 9.95. The zero-order valence-corrected chi connectivity index (χ0v) is 11.9. The summed E-state index contributed by atoms with van der Waals surface area (Å²) in [6.45, 7) is 2.06. The number of nitrogen functional groups attached to an aromatic ring is 1. The number of nitrogens with one attached hydrogen (secondary N) is 1. The maximum atomic E-state index is 6.03. The standard InChI is InChI=1S/C13H16ClN5/c1-8-4-5-9(6-11(8)19(2)3)17-12-10(14)7-16-13(15)18-12/h4-7H,1-3H3,(H3,15,16,17,18). The first-order valence-corrected chi connectivity index (χ1v) is 6.18. The Kier molecular flexibility index (Phi) is 3.76. The second-order valence-electron chi connectivity index (χ2n) is 4.45. The number of nitrogens with zero attached hydrogens (tertiary/aromatic N) is 3. The lowest BCUT2D eigenvalue weighted by atomic mass is 10.1. The van der Waals surface area contributed by atoms with E-state index in [0.717, 1.165) is 11.4 Å². The Bertz CT molecular complexity index is 598. The maximum Gasteiger partial charge on any atom is 0.222 e. The SMILES string of the molecule is Cc1ccc(Nc2nc(N)ncc2Cl)cc1N(C)C. The predicted molar refractivity (Wildman–Crippen MR) is 80.2 cm³/mol. The van der Waals surface area contributed by atoms with Crippen LogP contribution in [0.2, 0.25) is 5.02 Å². The molecule has 6 heteroatoms. The first kappa shape index (κ1) is 13.4. The third-order valence-corrected chi connectivity index (χ3v) is 2.99. The average Bonchev–Trinajstić information content (AvgIpc) is 2.36. The molecule has 1 aromatic heterocycles. The summed E-state index contributed by atoms with van der Waals surface area (Å²) in [5.74, 6) is 0.689. The summed E-state index contributed by atoms with van der Waals surface area (Å²) in [6.07, 6.45) is 1.48. The summed E-state index contributed by atoms with van der Waals surface area (Å²) in [7, 11) is 4.00. The second-order valence-corrected chi connectivity index (χ2v) is 4.85. The van der Waals surface area contributed by atoms with E-state index in [9.17, 15) is 0 Å². The van der Waals surface area contributed by atoms with Gasteiger partial charge in [0, 0.05) is 25.5 Å². The van der Waals surface area contributed by atoms with E-state index in [1.54, 1.807) is 0 Å². The van der Waals surface area contributed by atoms with Gasteiger partial charge in [-0.2, -0.15) is 4.98 Å². The molecule has 0 unspecified atom stereocenters. The Hall–Kier alpha value is -2.01. The van der Waals surface area contributed by atoms with Crippen molar-refractivity contribution in [2.75, 3.05) is 30.0 Å². The summed E-state index contributed by atoms with van der Waals surface area (Å²) in [6, 6.07) is 6.04. The van der Waals surface area contributed by atoms with Crippen LogP contribution in [0.5, 0.6) is 0 Å². The molecular weight excluding hydrogens is 262 g/mol. The van der Waals surface area contributed by atoms with Crippen molar-refractivity contribution in [3.8, 4) is 0 Å². The molecule has 100 valence electrons. The number of halogens is 1. The van der Waals surface area contributed by atoms with E-state index in [1.807, 2.05) is 32.3 Å². The van der Waals surface area contributed by atoms with Gasteiger partial charge in [0.15, 0.2) is 5.82 Å². The van der Waals surface area contributed by atoms with Gasteiger partial charge in [-0.3, -0.25) is 0 Å². The van der Waals surface area contributed by atoms with Gasteiger partial charge < -0.3 is 16.0 Å². The zero-order valence-electron chi connectivity index (χ0n) is 11.1. The molecule has 0 aliphatic carbocycles. The van der Waals surface area contributed by atoms with Crippen molar-refractivity contribution in [1.29, 1.82) is 0 Å². The fourth-order valence-corrected chi connectivity index (χ4v) is 1.91. The molecule has 0 saturated carbocycles. The molecule has 0 aliphatic heterocycles. The Morgan fingerprint density at radius 2 is 2.05 bits per heavy atom. The predicted octanol–water partition coefficient (Wildman–Crippen LogP) is 2.83. The quantitative estimate of drug-likeness (QED) is 0.903. The van der Waals surface area contributed by atoms with Gasteiger partial charge in [0.1, 0.15) is 5.02 Å². The zero-order chi connectivity index (χ0) is 14.0. The Balaban J connectivity index is 2.33. The third kappa shape index (κ3) is 3.06. The number of aryl methyl sites for hydroxylation is 1. The van der Waals surface area contributed by atoms with Gasteiger partial charge in [-0.15, -0.1) is 0 Å². The van der Waals surface area contributed by atoms with Crippen LogP contribution in [0.25, 0.3) is 0 Å². The molecule has 0 bridgehead atoms. The van der Waals surface area contributed by atoms with Gasteiger partial charge in [-0.05, 0) is 24.6 Å². The number of aromatic nitrogens is 2. The fourth-order valence-electron chi connectivity index (χ4n) is 1.77. The lowest BCUT2D eigenvalue weighted by Crippen LogP contribution is -2.10. The average molecular weight is 278 g/mol. The topological polar surface area (TPSA) is 67.1 Å². The number of anilines is 4. The van der Waals surface area contributed by atoms with E-state index in [0.29, 0.717) is 10.8 Å². The van der Waals surface area contributed by atoms with Crippen molar-refractivity contribution in [2.24, 2.45) is 0 Å². The molecule has 0 radical (unpaired) electrons. The second kappa shape index (κ2) is 5.32. The van der Waals surface area contributed by atoms with Gasteiger partial charge in [0.25, 0.3) is 0 Å². The van der Waals surface area contributed by atoms with Crippen molar-refractivity contribution in [3.63, 3.8) is 0 Å². The van der Waals surface area contributed by atoms with Gasteiger partial charge in [0.05, 0.1) is 6.20 Å². The summed E-state index contributed by atoms with van der Waals surface area (Å²) in [5.41, 5.74) is 8.78. The monoisotopic (exact) mass is 277 g/mol. The minimum Gasteiger partial charge on any atom is -0.377 e. The smallest absolute Gasteiger partial charge is 0.222 e. The van der Waals surface area contributed by atoms with E-state index in [1.165, 1.54) is 11.8 Å². The van der Waals surface area contributed by atoms with Gasteiger partial charge >= 0.3 is 0 Å². The largest absolute Gasteiger partial charge is 0.377 e. The number of nitrogens with two attached hydrogens (primary N) is 1. The third-order valence-electron chi connectivity index (χ3n) is 2.72. The van der Waals surface area contributed by atoms with E-state index in [-0.39, 0.29) is 5.95 Å². The van der Waals surface area contributed by atoms with Crippen LogP contribution in [-0.2, 0) is 0 Å². The Labute approximate surface area is 117 Å². The maximum absolute atomic E-state index is 6.03. The normalized spacial score (nSPS) is 10.3. The first-order chi connectivity index (χ1) is 8.97. The fraction of sp³-hybridized carbons (Fsp3) is 0.231. The molecule has 0 saturated heterocycles. The minimum absolute atomic E-state index is 0.187. The summed E-state index contributed by atoms with van der Waals surface area (Å²) < 4.78 is 0. The summed E-state index contributed by atoms with van der Waals surface area (Å²) in [5, 5.41) is 3.58. The molecular formula is C13H16ClN5. The highest BCUT2D eigenvalue weighted by atomic mass is 35.5. The van der Waals surface area contributed by atoms with Crippen LogP contribution in [0, 0.1) is 6.92 Å². The lowest BCUT2D eigenvalue weighted by Gasteiger charge is -2.17. The number of hydrogen-bond acceptors (Lipinski definition) is 5. The van der Waals surface area contributed by atoms with E-state index in [4.69, 9.17) is 17.3 Å². The van der Waals surface area contributed by atoms with E-state index in [2.05, 4.69) is 27.1 Å². The number of hydrogen-bond donors (Lipinski definition) is 2. The van der Waals surface area contributed by atoms with Gasteiger partial charge in [-0.1, -0.05) is 17.7 Å². The van der Waals surface area contributed by atoms with Crippen molar-refractivity contribution in [2.45, 2.75) is 6.92 Å². The van der Waals surface area contributed by atoms with Crippen LogP contribution in [-0.4, -0.2) is 24.1 Å². The lowest BCUT2D eigenvalue weighted by molar-refractivity contribution is 1.11. The van der Waals surface area contributed by atoms with Crippen molar-refractivity contribution < 1.29 is 0 Å². The Morgan fingerprint density at radius 1 is 1.32 bits per heavy atom. The van der Waals surface area contributed by atoms with Crippen LogP contribution in [0.15, 0.2) is 24.4 Å². The minimum atomic E-state index is 0.187. The molecule has 0 fully saturated rings. The van der Waals surface area contributed by atoms with Crippen LogP contribution in [0.1, 0.15) is 5.56 Å². The van der Waals surface area contributed by atoms with Crippen molar-refractivity contribution in [3.05, 3.63) is 35.0 Å². The van der Waals surface area contributed by atoms with Crippen LogP contribution in [0.3, 0.4) is 0 Å². The molecule has 0 atom stereocenters. The highest BCUT2D eigenvalue weighted by Crippen LogP contribution is 2.27. The highest BCUT2D eigenvalue weighted by Gasteiger charge is 2.06. The molecule has 3 N–H and O–H groups in total. The highest BCUT2D eigenvalue weighted by molar-refractivity contribution is 6.32. The first-order valence-electron chi connectivity index (χ1n) is 5.80.